The first-order valence-corrected chi connectivity index (χ1v) is 14.4. The Labute approximate surface area is 220 Å². The van der Waals surface area contributed by atoms with Crippen LogP contribution in [-0.2, 0) is 6.54 Å². The molecule has 6 rings (SSSR count). The van der Waals surface area contributed by atoms with Crippen molar-refractivity contribution >= 4 is 32.1 Å². The number of nitrogens with zero attached hydrogens (tertiary/aromatic N) is 4. The van der Waals surface area contributed by atoms with E-state index < -0.39 is 0 Å². The zero-order chi connectivity index (χ0) is 24.6. The largest absolute Gasteiger partial charge is 0.341 e. The standard InChI is InChI=1S/C28H32N6S2/c1-4-11-33(2)15-25-29-13-22(31-25)19-9-7-18(8-10-19)20-16-35-27-21(17-36-26(20)27)23-14-30-28(32-23)24-6-5-12-34(24)3/h7-10,13-14,16-17,24H,4-6,11-12,15H2,1-3H3,(H,29,31)(H,30,32). The molecule has 1 saturated heterocycles. The predicted octanol–water partition coefficient (Wildman–Crippen LogP) is 7.02. The summed E-state index contributed by atoms with van der Waals surface area (Å²) in [5.41, 5.74) is 7.17. The normalized spacial score (nSPS) is 16.6. The Balaban J connectivity index is 1.22. The minimum atomic E-state index is 0.411. The number of nitrogens with one attached hydrogen (secondary N) is 2. The van der Waals surface area contributed by atoms with Gasteiger partial charge in [0.25, 0.3) is 0 Å². The Hall–Kier alpha value is -2.78. The number of likely N-dealkylation sites (tertiary alicyclic amines) is 1. The third-order valence-corrected chi connectivity index (χ3v) is 9.32. The predicted molar refractivity (Wildman–Crippen MR) is 152 cm³/mol. The molecule has 2 N–H and O–H groups in total. The number of thiophene rings is 2. The van der Waals surface area contributed by atoms with E-state index in [1.165, 1.54) is 38.9 Å². The molecule has 186 valence electrons. The molecule has 1 aromatic carbocycles. The van der Waals surface area contributed by atoms with E-state index in [9.17, 15) is 0 Å². The number of hydrogen-bond donors (Lipinski definition) is 2. The molecule has 5 heterocycles. The molecule has 0 spiro atoms. The highest BCUT2D eigenvalue weighted by atomic mass is 32.1. The highest BCUT2D eigenvalue weighted by Crippen LogP contribution is 2.44. The molecule has 1 aliphatic heterocycles. The van der Waals surface area contributed by atoms with Crippen LogP contribution >= 0.6 is 22.7 Å². The van der Waals surface area contributed by atoms with E-state index in [1.54, 1.807) is 0 Å². The lowest BCUT2D eigenvalue weighted by molar-refractivity contribution is 0.307. The number of imidazole rings is 2. The van der Waals surface area contributed by atoms with Gasteiger partial charge in [0, 0.05) is 21.9 Å². The van der Waals surface area contributed by atoms with E-state index in [1.807, 2.05) is 35.1 Å². The van der Waals surface area contributed by atoms with Gasteiger partial charge in [-0.1, -0.05) is 31.2 Å². The summed E-state index contributed by atoms with van der Waals surface area (Å²) in [5, 5.41) is 4.57. The molecule has 1 unspecified atom stereocenters. The molecule has 0 aliphatic carbocycles. The molecule has 1 fully saturated rings. The molecule has 1 atom stereocenters. The fraction of sp³-hybridized carbons (Fsp3) is 0.357. The van der Waals surface area contributed by atoms with E-state index >= 15 is 0 Å². The molecule has 0 amide bonds. The van der Waals surface area contributed by atoms with Gasteiger partial charge in [-0.05, 0) is 57.6 Å². The second-order valence-corrected chi connectivity index (χ2v) is 11.6. The molecule has 0 bridgehead atoms. The Morgan fingerprint density at radius 1 is 0.972 bits per heavy atom. The zero-order valence-electron chi connectivity index (χ0n) is 21.0. The van der Waals surface area contributed by atoms with Gasteiger partial charge in [-0.2, -0.15) is 0 Å². The maximum atomic E-state index is 4.74. The summed E-state index contributed by atoms with van der Waals surface area (Å²) in [6, 6.07) is 9.25. The van der Waals surface area contributed by atoms with Gasteiger partial charge in [-0.25, -0.2) is 9.97 Å². The third kappa shape index (κ3) is 4.43. The van der Waals surface area contributed by atoms with Gasteiger partial charge >= 0.3 is 0 Å². The van der Waals surface area contributed by atoms with Crippen LogP contribution in [0.25, 0.3) is 43.0 Å². The summed E-state index contributed by atoms with van der Waals surface area (Å²) < 4.78 is 2.68. The second kappa shape index (κ2) is 9.94. The van der Waals surface area contributed by atoms with Crippen LogP contribution < -0.4 is 0 Å². The zero-order valence-corrected chi connectivity index (χ0v) is 22.7. The lowest BCUT2D eigenvalue weighted by Crippen LogP contribution is -2.19. The number of hydrogen-bond acceptors (Lipinski definition) is 6. The first kappa shape index (κ1) is 23.6. The SMILES string of the molecule is CCCN(C)Cc1ncc(-c2ccc(-c3csc4c(-c5cnc(C6CCCN6C)[nH]5)csc34)cc2)[nH]1. The first-order valence-electron chi connectivity index (χ1n) is 12.7. The van der Waals surface area contributed by atoms with Gasteiger partial charge in [0.15, 0.2) is 0 Å². The van der Waals surface area contributed by atoms with Crippen LogP contribution in [0.4, 0.5) is 0 Å². The van der Waals surface area contributed by atoms with Crippen molar-refractivity contribution in [3.63, 3.8) is 0 Å². The molecule has 5 aromatic rings. The van der Waals surface area contributed by atoms with Crippen molar-refractivity contribution in [2.45, 2.75) is 38.8 Å². The Bertz CT molecular complexity index is 1460. The number of H-pyrrole nitrogens is 2. The van der Waals surface area contributed by atoms with Crippen molar-refractivity contribution in [1.82, 2.24) is 29.7 Å². The van der Waals surface area contributed by atoms with Crippen LogP contribution in [-0.4, -0.2) is 56.9 Å². The number of aromatic nitrogens is 4. The van der Waals surface area contributed by atoms with Crippen molar-refractivity contribution in [3.8, 4) is 33.6 Å². The van der Waals surface area contributed by atoms with Gasteiger partial charge in [-0.3, -0.25) is 9.80 Å². The maximum Gasteiger partial charge on any atom is 0.123 e. The van der Waals surface area contributed by atoms with Crippen LogP contribution in [0.3, 0.4) is 0 Å². The fourth-order valence-corrected chi connectivity index (χ4v) is 7.68. The van der Waals surface area contributed by atoms with E-state index in [0.29, 0.717) is 6.04 Å². The topological polar surface area (TPSA) is 63.8 Å². The van der Waals surface area contributed by atoms with Gasteiger partial charge in [0.2, 0.25) is 0 Å². The monoisotopic (exact) mass is 516 g/mol. The summed E-state index contributed by atoms with van der Waals surface area (Å²) in [6.07, 6.45) is 7.52. The van der Waals surface area contributed by atoms with Gasteiger partial charge in [0.05, 0.1) is 45.8 Å². The minimum Gasteiger partial charge on any atom is -0.341 e. The summed E-state index contributed by atoms with van der Waals surface area (Å²) in [5.74, 6) is 2.10. The number of fused-ring (bicyclic) bond motifs is 1. The van der Waals surface area contributed by atoms with E-state index in [4.69, 9.17) is 4.98 Å². The summed E-state index contributed by atoms with van der Waals surface area (Å²) in [6.45, 7) is 5.26. The van der Waals surface area contributed by atoms with Crippen molar-refractivity contribution in [2.24, 2.45) is 0 Å². The molecule has 0 saturated carbocycles. The maximum absolute atomic E-state index is 4.74. The van der Waals surface area contributed by atoms with Crippen LogP contribution in [0.1, 0.15) is 43.9 Å². The molecule has 1 aliphatic rings. The number of benzene rings is 1. The van der Waals surface area contributed by atoms with Crippen molar-refractivity contribution < 1.29 is 0 Å². The molecule has 4 aromatic heterocycles. The quantitative estimate of drug-likeness (QED) is 0.233. The average Bonchev–Trinajstić information content (AvgIpc) is 3.68. The molecular formula is C28H32N6S2. The van der Waals surface area contributed by atoms with Crippen LogP contribution in [0.2, 0.25) is 0 Å². The molecule has 8 heteroatoms. The van der Waals surface area contributed by atoms with E-state index in [2.05, 4.69) is 80.8 Å². The van der Waals surface area contributed by atoms with E-state index in [-0.39, 0.29) is 0 Å². The highest BCUT2D eigenvalue weighted by molar-refractivity contribution is 7.27. The van der Waals surface area contributed by atoms with Gasteiger partial charge < -0.3 is 9.97 Å². The van der Waals surface area contributed by atoms with Gasteiger partial charge in [0.1, 0.15) is 11.6 Å². The summed E-state index contributed by atoms with van der Waals surface area (Å²) >= 11 is 3.65. The van der Waals surface area contributed by atoms with Crippen LogP contribution in [0, 0.1) is 0 Å². The smallest absolute Gasteiger partial charge is 0.123 e. The lowest BCUT2D eigenvalue weighted by atomic mass is 10.0. The molecule has 6 nitrogen and oxygen atoms in total. The number of rotatable bonds is 8. The Kier molecular flexibility index (Phi) is 6.52. The molecule has 36 heavy (non-hydrogen) atoms. The van der Waals surface area contributed by atoms with Gasteiger partial charge in [-0.15, -0.1) is 22.7 Å². The van der Waals surface area contributed by atoms with E-state index in [0.717, 1.165) is 54.7 Å². The second-order valence-electron chi connectivity index (χ2n) is 9.84. The minimum absolute atomic E-state index is 0.411. The third-order valence-electron chi connectivity index (χ3n) is 7.17. The van der Waals surface area contributed by atoms with Crippen molar-refractivity contribution in [3.05, 3.63) is 59.1 Å². The van der Waals surface area contributed by atoms with Crippen molar-refractivity contribution in [2.75, 3.05) is 27.2 Å². The lowest BCUT2D eigenvalue weighted by Gasteiger charge is -2.16. The van der Waals surface area contributed by atoms with Crippen LogP contribution in [0.15, 0.2) is 47.4 Å². The summed E-state index contributed by atoms with van der Waals surface area (Å²) in [7, 11) is 4.33. The molecular weight excluding hydrogens is 484 g/mol. The van der Waals surface area contributed by atoms with Crippen molar-refractivity contribution in [1.29, 1.82) is 0 Å². The Morgan fingerprint density at radius 2 is 1.69 bits per heavy atom. The van der Waals surface area contributed by atoms with Crippen LogP contribution in [0.5, 0.6) is 0 Å². The fourth-order valence-electron chi connectivity index (χ4n) is 5.24. The first-order chi connectivity index (χ1) is 17.6. The average molecular weight is 517 g/mol. The molecule has 0 radical (unpaired) electrons. The Morgan fingerprint density at radius 3 is 2.44 bits per heavy atom. The summed E-state index contributed by atoms with van der Waals surface area (Å²) in [4.78, 5) is 21.1. The number of aromatic amines is 2. The highest BCUT2D eigenvalue weighted by Gasteiger charge is 2.25.